The molecule has 0 heterocycles. The van der Waals surface area contributed by atoms with Gasteiger partial charge in [0.15, 0.2) is 0 Å². The topological polar surface area (TPSA) is 35.2 Å². The lowest BCUT2D eigenvalue weighted by molar-refractivity contribution is -0.137. The quantitative estimate of drug-likeness (QED) is 0.713. The molecule has 0 radical (unpaired) electrons. The molecule has 0 aromatic heterocycles. The van der Waals surface area contributed by atoms with Crippen LogP contribution in [0.1, 0.15) is 5.56 Å². The van der Waals surface area contributed by atoms with Gasteiger partial charge in [0.25, 0.3) is 0 Å². The molecule has 0 amide bonds. The third-order valence-corrected chi connectivity index (χ3v) is 3.18. The molecule has 0 bridgehead atoms. The van der Waals surface area contributed by atoms with E-state index in [0.29, 0.717) is 4.47 Å². The van der Waals surface area contributed by atoms with E-state index in [1.54, 1.807) is 18.2 Å². The molecule has 0 atom stereocenters. The Morgan fingerprint density at radius 2 is 1.80 bits per heavy atom. The zero-order chi connectivity index (χ0) is 14.9. The molecule has 20 heavy (non-hydrogen) atoms. The van der Waals surface area contributed by atoms with Gasteiger partial charge in [0, 0.05) is 16.2 Å². The Balaban J connectivity index is 2.39. The predicted molar refractivity (Wildman–Crippen MR) is 75.1 cm³/mol. The minimum Gasteiger partial charge on any atom is -0.456 e. The predicted octanol–water partition coefficient (Wildman–Crippen LogP) is 5.50. The summed E-state index contributed by atoms with van der Waals surface area (Å²) >= 11 is 9.14. The van der Waals surface area contributed by atoms with E-state index >= 15 is 0 Å². The SMILES string of the molecule is Nc1cc(Oc2cc(Br)ccc2Cl)cc(C(F)(F)F)c1. The number of alkyl halides is 3. The third kappa shape index (κ3) is 3.58. The van der Waals surface area contributed by atoms with E-state index in [-0.39, 0.29) is 22.2 Å². The molecule has 2 aromatic carbocycles. The minimum atomic E-state index is -4.49. The normalized spacial score (nSPS) is 11.4. The molecule has 0 spiro atoms. The van der Waals surface area contributed by atoms with Gasteiger partial charge in [-0.05, 0) is 30.3 Å². The summed E-state index contributed by atoms with van der Waals surface area (Å²) in [5.74, 6) is 0.206. The number of halogens is 5. The fourth-order valence-electron chi connectivity index (χ4n) is 1.53. The van der Waals surface area contributed by atoms with Crippen molar-refractivity contribution in [3.63, 3.8) is 0 Å². The Morgan fingerprint density at radius 1 is 1.10 bits per heavy atom. The second-order valence-electron chi connectivity index (χ2n) is 3.97. The number of ether oxygens (including phenoxy) is 1. The molecular weight excluding hydrogens is 358 g/mol. The molecule has 0 fully saturated rings. The first-order valence-corrected chi connectivity index (χ1v) is 6.53. The standard InChI is InChI=1S/C13H8BrClF3NO/c14-8-1-2-11(15)12(5-8)20-10-4-7(13(16,17)18)3-9(19)6-10/h1-6H,19H2. The first kappa shape index (κ1) is 15.0. The molecule has 7 heteroatoms. The highest BCUT2D eigenvalue weighted by Crippen LogP contribution is 2.37. The van der Waals surface area contributed by atoms with Crippen molar-refractivity contribution in [2.75, 3.05) is 5.73 Å². The lowest BCUT2D eigenvalue weighted by Crippen LogP contribution is -2.06. The number of rotatable bonds is 2. The Hall–Kier alpha value is -1.40. The van der Waals surface area contributed by atoms with Crippen LogP contribution >= 0.6 is 27.5 Å². The first-order valence-electron chi connectivity index (χ1n) is 5.36. The second-order valence-corrected chi connectivity index (χ2v) is 5.29. The first-order chi connectivity index (χ1) is 9.25. The lowest BCUT2D eigenvalue weighted by atomic mass is 10.2. The molecule has 106 valence electrons. The van der Waals surface area contributed by atoms with E-state index in [1.165, 1.54) is 6.07 Å². The van der Waals surface area contributed by atoms with Crippen molar-refractivity contribution in [1.82, 2.24) is 0 Å². The van der Waals surface area contributed by atoms with E-state index < -0.39 is 11.7 Å². The number of nitrogens with two attached hydrogens (primary N) is 1. The van der Waals surface area contributed by atoms with Crippen LogP contribution < -0.4 is 10.5 Å². The van der Waals surface area contributed by atoms with Gasteiger partial charge in [0.2, 0.25) is 0 Å². The third-order valence-electron chi connectivity index (χ3n) is 2.38. The van der Waals surface area contributed by atoms with E-state index in [4.69, 9.17) is 22.1 Å². The van der Waals surface area contributed by atoms with Gasteiger partial charge < -0.3 is 10.5 Å². The molecule has 0 aliphatic rings. The van der Waals surface area contributed by atoms with Crippen LogP contribution in [0.2, 0.25) is 5.02 Å². The van der Waals surface area contributed by atoms with Gasteiger partial charge in [-0.1, -0.05) is 27.5 Å². The largest absolute Gasteiger partial charge is 0.456 e. The Morgan fingerprint density at radius 3 is 2.45 bits per heavy atom. The van der Waals surface area contributed by atoms with Crippen LogP contribution in [0.3, 0.4) is 0 Å². The summed E-state index contributed by atoms with van der Waals surface area (Å²) in [6, 6.07) is 7.82. The van der Waals surface area contributed by atoms with Crippen molar-refractivity contribution in [2.45, 2.75) is 6.18 Å². The van der Waals surface area contributed by atoms with Gasteiger partial charge in [0.1, 0.15) is 11.5 Å². The Bertz CT molecular complexity index is 646. The summed E-state index contributed by atoms with van der Waals surface area (Å²) in [7, 11) is 0. The van der Waals surface area contributed by atoms with Crippen molar-refractivity contribution in [2.24, 2.45) is 0 Å². The number of benzene rings is 2. The number of nitrogen functional groups attached to an aromatic ring is 1. The number of hydrogen-bond acceptors (Lipinski definition) is 2. The van der Waals surface area contributed by atoms with Crippen LogP contribution in [0.5, 0.6) is 11.5 Å². The molecule has 2 N–H and O–H groups in total. The highest BCUT2D eigenvalue weighted by Gasteiger charge is 2.31. The van der Waals surface area contributed by atoms with Crippen molar-refractivity contribution >= 4 is 33.2 Å². The van der Waals surface area contributed by atoms with E-state index in [2.05, 4.69) is 15.9 Å². The van der Waals surface area contributed by atoms with Gasteiger partial charge in [-0.15, -0.1) is 0 Å². The van der Waals surface area contributed by atoms with Crippen molar-refractivity contribution in [1.29, 1.82) is 0 Å². The monoisotopic (exact) mass is 365 g/mol. The second kappa shape index (κ2) is 5.54. The summed E-state index contributed by atoms with van der Waals surface area (Å²) in [5.41, 5.74) is 4.54. The summed E-state index contributed by atoms with van der Waals surface area (Å²) in [6.07, 6.45) is -4.49. The molecule has 2 rings (SSSR count). The van der Waals surface area contributed by atoms with Gasteiger partial charge in [0.05, 0.1) is 10.6 Å². The van der Waals surface area contributed by atoms with Gasteiger partial charge in [-0.25, -0.2) is 0 Å². The highest BCUT2D eigenvalue weighted by molar-refractivity contribution is 9.10. The van der Waals surface area contributed by atoms with Crippen molar-refractivity contribution in [3.05, 3.63) is 51.5 Å². The smallest absolute Gasteiger partial charge is 0.416 e. The van der Waals surface area contributed by atoms with Crippen LogP contribution in [0, 0.1) is 0 Å². The maximum absolute atomic E-state index is 12.7. The maximum atomic E-state index is 12.7. The van der Waals surface area contributed by atoms with Crippen LogP contribution in [0.4, 0.5) is 18.9 Å². The average molecular weight is 367 g/mol. The van der Waals surface area contributed by atoms with Crippen LogP contribution in [0.25, 0.3) is 0 Å². The highest BCUT2D eigenvalue weighted by atomic mass is 79.9. The summed E-state index contributed by atoms with van der Waals surface area (Å²) in [6.45, 7) is 0. The average Bonchev–Trinajstić information content (AvgIpc) is 2.32. The molecular formula is C13H8BrClF3NO. The Labute approximate surface area is 126 Å². The van der Waals surface area contributed by atoms with Gasteiger partial charge in [-0.2, -0.15) is 13.2 Å². The minimum absolute atomic E-state index is 0.0303. The fraction of sp³-hybridized carbons (Fsp3) is 0.0769. The molecule has 0 saturated heterocycles. The van der Waals surface area contributed by atoms with E-state index in [9.17, 15) is 13.2 Å². The Kier molecular flexibility index (Phi) is 4.15. The fourth-order valence-corrected chi connectivity index (χ4v) is 2.02. The van der Waals surface area contributed by atoms with Crippen molar-refractivity contribution < 1.29 is 17.9 Å². The molecule has 0 aliphatic carbocycles. The molecule has 0 aliphatic heterocycles. The van der Waals surface area contributed by atoms with Crippen molar-refractivity contribution in [3.8, 4) is 11.5 Å². The molecule has 0 saturated carbocycles. The van der Waals surface area contributed by atoms with E-state index in [1.807, 2.05) is 0 Å². The van der Waals surface area contributed by atoms with Gasteiger partial charge >= 0.3 is 6.18 Å². The van der Waals surface area contributed by atoms with Crippen LogP contribution in [-0.4, -0.2) is 0 Å². The number of anilines is 1. The molecule has 2 nitrogen and oxygen atoms in total. The lowest BCUT2D eigenvalue weighted by Gasteiger charge is -2.12. The van der Waals surface area contributed by atoms with Crippen LogP contribution in [0.15, 0.2) is 40.9 Å². The van der Waals surface area contributed by atoms with Gasteiger partial charge in [-0.3, -0.25) is 0 Å². The molecule has 2 aromatic rings. The molecule has 0 unspecified atom stereocenters. The summed E-state index contributed by atoms with van der Waals surface area (Å²) in [4.78, 5) is 0. The van der Waals surface area contributed by atoms with E-state index in [0.717, 1.165) is 12.1 Å². The number of hydrogen-bond donors (Lipinski definition) is 1. The summed E-state index contributed by atoms with van der Waals surface area (Å²) < 4.78 is 44.1. The van der Waals surface area contributed by atoms with Crippen LogP contribution in [-0.2, 0) is 6.18 Å². The maximum Gasteiger partial charge on any atom is 0.416 e. The zero-order valence-electron chi connectivity index (χ0n) is 9.84. The summed E-state index contributed by atoms with van der Waals surface area (Å²) in [5, 5.41) is 0.282. The zero-order valence-corrected chi connectivity index (χ0v) is 12.2.